The minimum absolute atomic E-state index is 0.0294. The van der Waals surface area contributed by atoms with Crippen LogP contribution >= 0.6 is 0 Å². The van der Waals surface area contributed by atoms with Gasteiger partial charge in [-0.05, 0) is 38.5 Å². The third-order valence-corrected chi connectivity index (χ3v) is 2.72. The van der Waals surface area contributed by atoms with E-state index in [4.69, 9.17) is 9.88 Å². The van der Waals surface area contributed by atoms with E-state index in [9.17, 15) is 8.42 Å². The van der Waals surface area contributed by atoms with Gasteiger partial charge in [-0.25, -0.2) is 13.6 Å². The lowest BCUT2D eigenvalue weighted by molar-refractivity contribution is 0.236. The van der Waals surface area contributed by atoms with Gasteiger partial charge in [-0.1, -0.05) is 6.07 Å². The van der Waals surface area contributed by atoms with Crippen molar-refractivity contribution in [3.8, 4) is 5.75 Å². The summed E-state index contributed by atoms with van der Waals surface area (Å²) in [6.45, 7) is 5.52. The van der Waals surface area contributed by atoms with Crippen molar-refractivity contribution in [3.63, 3.8) is 0 Å². The standard InChI is InChI=1S/C10H15NO3S/c1-7(2)14-9-6-8(3)4-5-10(9)15(11,12)13/h4-7H,1-3H3,(H2,11,12,13). The lowest BCUT2D eigenvalue weighted by Gasteiger charge is -2.13. The van der Waals surface area contributed by atoms with Gasteiger partial charge in [0.15, 0.2) is 0 Å². The van der Waals surface area contributed by atoms with E-state index < -0.39 is 10.0 Å². The summed E-state index contributed by atoms with van der Waals surface area (Å²) in [5.74, 6) is 0.313. The molecule has 0 radical (unpaired) electrons. The van der Waals surface area contributed by atoms with Crippen LogP contribution in [0.25, 0.3) is 0 Å². The van der Waals surface area contributed by atoms with E-state index in [1.807, 2.05) is 20.8 Å². The van der Waals surface area contributed by atoms with Crippen LogP contribution in [0.3, 0.4) is 0 Å². The summed E-state index contributed by atoms with van der Waals surface area (Å²) in [6, 6.07) is 4.81. The first-order valence-corrected chi connectivity index (χ1v) is 6.15. The lowest BCUT2D eigenvalue weighted by Crippen LogP contribution is -2.16. The highest BCUT2D eigenvalue weighted by molar-refractivity contribution is 7.89. The fourth-order valence-electron chi connectivity index (χ4n) is 1.20. The van der Waals surface area contributed by atoms with Crippen LogP contribution in [0.2, 0.25) is 0 Å². The molecule has 0 aliphatic rings. The smallest absolute Gasteiger partial charge is 0.241 e. The van der Waals surface area contributed by atoms with Crippen LogP contribution in [-0.2, 0) is 10.0 Å². The molecule has 0 aliphatic carbocycles. The molecule has 84 valence electrons. The third-order valence-electron chi connectivity index (χ3n) is 1.77. The molecule has 1 aromatic rings. The maximum absolute atomic E-state index is 11.2. The topological polar surface area (TPSA) is 69.4 Å². The van der Waals surface area contributed by atoms with Gasteiger partial charge in [0.05, 0.1) is 6.10 Å². The summed E-state index contributed by atoms with van der Waals surface area (Å²) >= 11 is 0. The van der Waals surface area contributed by atoms with Gasteiger partial charge in [-0.3, -0.25) is 0 Å². The Morgan fingerprint density at radius 3 is 2.40 bits per heavy atom. The normalized spacial score (nSPS) is 11.8. The molecule has 0 fully saturated rings. The molecule has 1 aromatic carbocycles. The largest absolute Gasteiger partial charge is 0.490 e. The summed E-state index contributed by atoms with van der Waals surface area (Å²) in [5, 5.41) is 5.08. The summed E-state index contributed by atoms with van der Waals surface area (Å²) in [5.41, 5.74) is 0.929. The molecule has 2 N–H and O–H groups in total. The summed E-state index contributed by atoms with van der Waals surface area (Å²) < 4.78 is 27.9. The van der Waals surface area contributed by atoms with Gasteiger partial charge in [0.25, 0.3) is 0 Å². The van der Waals surface area contributed by atoms with Gasteiger partial charge in [0, 0.05) is 0 Å². The van der Waals surface area contributed by atoms with Crippen LogP contribution in [0.1, 0.15) is 19.4 Å². The fourth-order valence-corrected chi connectivity index (χ4v) is 1.84. The fraction of sp³-hybridized carbons (Fsp3) is 0.400. The molecule has 0 atom stereocenters. The van der Waals surface area contributed by atoms with E-state index in [1.54, 1.807) is 12.1 Å². The average Bonchev–Trinajstić information content (AvgIpc) is 1.99. The summed E-state index contributed by atoms with van der Waals surface area (Å²) in [4.78, 5) is 0.0294. The second-order valence-corrected chi connectivity index (χ2v) is 5.19. The summed E-state index contributed by atoms with van der Waals surface area (Å²) in [6.07, 6.45) is -0.0905. The number of aryl methyl sites for hydroxylation is 1. The van der Waals surface area contributed by atoms with E-state index in [1.165, 1.54) is 6.07 Å². The maximum Gasteiger partial charge on any atom is 0.241 e. The molecule has 15 heavy (non-hydrogen) atoms. The van der Waals surface area contributed by atoms with Crippen LogP contribution in [0, 0.1) is 6.92 Å². The molecule has 5 heteroatoms. The minimum atomic E-state index is -3.72. The van der Waals surface area contributed by atoms with Gasteiger partial charge >= 0.3 is 0 Å². The van der Waals surface area contributed by atoms with Crippen LogP contribution in [0.5, 0.6) is 5.75 Å². The van der Waals surface area contributed by atoms with Gasteiger partial charge in [-0.15, -0.1) is 0 Å². The van der Waals surface area contributed by atoms with Crippen molar-refractivity contribution in [2.45, 2.75) is 31.8 Å². The Kier molecular flexibility index (Phi) is 3.36. The first-order valence-electron chi connectivity index (χ1n) is 4.61. The number of hydrogen-bond donors (Lipinski definition) is 1. The maximum atomic E-state index is 11.2. The monoisotopic (exact) mass is 229 g/mol. The van der Waals surface area contributed by atoms with Gasteiger partial charge in [0.1, 0.15) is 10.6 Å². The molecule has 0 heterocycles. The predicted molar refractivity (Wildman–Crippen MR) is 58.3 cm³/mol. The molecule has 0 spiro atoms. The van der Waals surface area contributed by atoms with Crippen molar-refractivity contribution in [1.82, 2.24) is 0 Å². The SMILES string of the molecule is Cc1ccc(S(N)(=O)=O)c(OC(C)C)c1. The van der Waals surface area contributed by atoms with E-state index in [0.29, 0.717) is 5.75 Å². The molecule has 0 amide bonds. The molecular formula is C10H15NO3S. The molecule has 0 aliphatic heterocycles. The van der Waals surface area contributed by atoms with E-state index in [2.05, 4.69) is 0 Å². The minimum Gasteiger partial charge on any atom is -0.490 e. The van der Waals surface area contributed by atoms with Crippen molar-refractivity contribution >= 4 is 10.0 Å². The number of primary sulfonamides is 1. The zero-order valence-electron chi connectivity index (χ0n) is 9.02. The first-order chi connectivity index (χ1) is 6.80. The van der Waals surface area contributed by atoms with Crippen molar-refractivity contribution < 1.29 is 13.2 Å². The molecule has 0 aromatic heterocycles. The highest BCUT2D eigenvalue weighted by atomic mass is 32.2. The highest BCUT2D eigenvalue weighted by Crippen LogP contribution is 2.24. The third kappa shape index (κ3) is 3.21. The van der Waals surface area contributed by atoms with Crippen molar-refractivity contribution in [2.24, 2.45) is 5.14 Å². The Morgan fingerprint density at radius 2 is 1.93 bits per heavy atom. The van der Waals surface area contributed by atoms with Crippen LogP contribution in [0.15, 0.2) is 23.1 Å². The average molecular weight is 229 g/mol. The number of rotatable bonds is 3. The van der Waals surface area contributed by atoms with Crippen LogP contribution in [0.4, 0.5) is 0 Å². The van der Waals surface area contributed by atoms with E-state index in [-0.39, 0.29) is 11.0 Å². The molecule has 0 bridgehead atoms. The second kappa shape index (κ2) is 4.20. The van der Waals surface area contributed by atoms with E-state index >= 15 is 0 Å². The van der Waals surface area contributed by atoms with Crippen LogP contribution < -0.4 is 9.88 Å². The molecule has 1 rings (SSSR count). The molecule has 0 saturated heterocycles. The van der Waals surface area contributed by atoms with Crippen molar-refractivity contribution in [1.29, 1.82) is 0 Å². The Balaban J connectivity index is 3.27. The number of ether oxygens (including phenoxy) is 1. The highest BCUT2D eigenvalue weighted by Gasteiger charge is 2.15. The quantitative estimate of drug-likeness (QED) is 0.852. The molecule has 0 unspecified atom stereocenters. The second-order valence-electron chi connectivity index (χ2n) is 3.66. The van der Waals surface area contributed by atoms with E-state index in [0.717, 1.165) is 5.56 Å². The molecular weight excluding hydrogens is 214 g/mol. The van der Waals surface area contributed by atoms with Crippen molar-refractivity contribution in [2.75, 3.05) is 0 Å². The summed E-state index contributed by atoms with van der Waals surface area (Å²) in [7, 11) is -3.72. The number of nitrogens with two attached hydrogens (primary N) is 1. The number of sulfonamides is 1. The Morgan fingerprint density at radius 1 is 1.33 bits per heavy atom. The first kappa shape index (κ1) is 12.0. The molecule has 4 nitrogen and oxygen atoms in total. The van der Waals surface area contributed by atoms with Gasteiger partial charge < -0.3 is 4.74 Å². The number of benzene rings is 1. The number of hydrogen-bond acceptors (Lipinski definition) is 3. The zero-order chi connectivity index (χ0) is 11.6. The van der Waals surface area contributed by atoms with Gasteiger partial charge in [-0.2, -0.15) is 0 Å². The van der Waals surface area contributed by atoms with Gasteiger partial charge in [0.2, 0.25) is 10.0 Å². The predicted octanol–water partition coefficient (Wildman–Crippen LogP) is 1.43. The Hall–Kier alpha value is -1.07. The molecule has 0 saturated carbocycles. The Bertz CT molecular complexity index is 452. The Labute approximate surface area is 90.1 Å². The zero-order valence-corrected chi connectivity index (χ0v) is 9.84. The van der Waals surface area contributed by atoms with Crippen LogP contribution in [-0.4, -0.2) is 14.5 Å². The van der Waals surface area contributed by atoms with Crippen molar-refractivity contribution in [3.05, 3.63) is 23.8 Å². The lowest BCUT2D eigenvalue weighted by atomic mass is 10.2.